The smallest absolute Gasteiger partial charge is 0.138 e. The first-order valence-corrected chi connectivity index (χ1v) is 7.40. The van der Waals surface area contributed by atoms with E-state index in [1.807, 2.05) is 26.1 Å². The number of hydrogen-bond donors (Lipinski definition) is 1. The molecule has 0 saturated heterocycles. The minimum atomic E-state index is 0.153. The zero-order chi connectivity index (χ0) is 15.4. The Hall–Kier alpha value is -1.59. The molecule has 1 unspecified atom stereocenters. The molecule has 0 fully saturated rings. The van der Waals surface area contributed by atoms with E-state index < -0.39 is 0 Å². The van der Waals surface area contributed by atoms with Crippen LogP contribution in [0.3, 0.4) is 0 Å². The third-order valence-corrected chi connectivity index (χ3v) is 3.92. The average Bonchev–Trinajstić information content (AvgIpc) is 2.71. The van der Waals surface area contributed by atoms with Gasteiger partial charge in [-0.05, 0) is 25.5 Å². The molecular formula is C15H21ClN4O. The van der Waals surface area contributed by atoms with Gasteiger partial charge < -0.3 is 10.5 Å². The summed E-state index contributed by atoms with van der Waals surface area (Å²) in [5.41, 5.74) is 8.55. The molecule has 2 rings (SSSR count). The molecule has 0 amide bonds. The maximum atomic E-state index is 6.19. The predicted molar refractivity (Wildman–Crippen MR) is 83.5 cm³/mol. The van der Waals surface area contributed by atoms with Crippen molar-refractivity contribution in [2.75, 3.05) is 0 Å². The molecule has 21 heavy (non-hydrogen) atoms. The Morgan fingerprint density at radius 1 is 1.43 bits per heavy atom. The fourth-order valence-corrected chi connectivity index (χ4v) is 2.23. The Morgan fingerprint density at radius 2 is 2.19 bits per heavy atom. The number of aryl methyl sites for hydroxylation is 2. The third kappa shape index (κ3) is 3.95. The van der Waals surface area contributed by atoms with Crippen molar-refractivity contribution in [1.82, 2.24) is 14.8 Å². The highest BCUT2D eigenvalue weighted by atomic mass is 35.5. The van der Waals surface area contributed by atoms with Crippen LogP contribution in [0, 0.1) is 6.92 Å². The number of halogens is 1. The van der Waals surface area contributed by atoms with E-state index in [0.29, 0.717) is 17.4 Å². The van der Waals surface area contributed by atoms with Crippen LogP contribution in [0.15, 0.2) is 18.3 Å². The van der Waals surface area contributed by atoms with Gasteiger partial charge in [0.1, 0.15) is 12.4 Å². The van der Waals surface area contributed by atoms with Crippen LogP contribution in [0.25, 0.3) is 0 Å². The van der Waals surface area contributed by atoms with Crippen LogP contribution in [0.5, 0.6) is 5.75 Å². The lowest BCUT2D eigenvalue weighted by atomic mass is 10.1. The molecule has 0 aromatic carbocycles. The van der Waals surface area contributed by atoms with Crippen molar-refractivity contribution in [3.63, 3.8) is 0 Å². The fourth-order valence-electron chi connectivity index (χ4n) is 2.02. The van der Waals surface area contributed by atoms with Gasteiger partial charge in [-0.15, -0.1) is 0 Å². The van der Waals surface area contributed by atoms with E-state index in [4.69, 9.17) is 22.1 Å². The summed E-state index contributed by atoms with van der Waals surface area (Å²) < 4.78 is 7.45. The van der Waals surface area contributed by atoms with Gasteiger partial charge in [-0.25, -0.2) is 0 Å². The Bertz CT molecular complexity index is 594. The van der Waals surface area contributed by atoms with Gasteiger partial charge in [-0.3, -0.25) is 9.67 Å². The first-order chi connectivity index (χ1) is 10.0. The van der Waals surface area contributed by atoms with E-state index in [2.05, 4.69) is 17.0 Å². The maximum Gasteiger partial charge on any atom is 0.138 e. The second-order valence-corrected chi connectivity index (χ2v) is 5.49. The van der Waals surface area contributed by atoms with Crippen LogP contribution < -0.4 is 10.5 Å². The number of ether oxygens (including phenoxy) is 1. The molecule has 2 aromatic heterocycles. The van der Waals surface area contributed by atoms with Gasteiger partial charge >= 0.3 is 0 Å². The van der Waals surface area contributed by atoms with Gasteiger partial charge in [0.25, 0.3) is 0 Å². The Kier molecular flexibility index (Phi) is 5.20. The summed E-state index contributed by atoms with van der Waals surface area (Å²) in [6.45, 7) is 4.31. The van der Waals surface area contributed by atoms with Crippen molar-refractivity contribution in [3.8, 4) is 5.75 Å². The summed E-state index contributed by atoms with van der Waals surface area (Å²) in [5.74, 6) is 0.707. The van der Waals surface area contributed by atoms with E-state index in [-0.39, 0.29) is 6.04 Å². The Balaban J connectivity index is 1.97. The summed E-state index contributed by atoms with van der Waals surface area (Å²) in [4.78, 5) is 4.37. The lowest BCUT2D eigenvalue weighted by Gasteiger charge is -2.09. The molecule has 6 heteroatoms. The average molecular weight is 309 g/mol. The monoisotopic (exact) mass is 308 g/mol. The molecule has 5 nitrogen and oxygen atoms in total. The van der Waals surface area contributed by atoms with Crippen molar-refractivity contribution >= 4 is 11.6 Å². The highest BCUT2D eigenvalue weighted by molar-refractivity contribution is 6.31. The first-order valence-electron chi connectivity index (χ1n) is 7.02. The van der Waals surface area contributed by atoms with Gasteiger partial charge in [-0.1, -0.05) is 18.5 Å². The first kappa shape index (κ1) is 15.8. The second kappa shape index (κ2) is 6.91. The zero-order valence-corrected chi connectivity index (χ0v) is 13.4. The largest absolute Gasteiger partial charge is 0.486 e. The van der Waals surface area contributed by atoms with Crippen LogP contribution in [0.4, 0.5) is 0 Å². The summed E-state index contributed by atoms with van der Waals surface area (Å²) in [6, 6.07) is 4.00. The summed E-state index contributed by atoms with van der Waals surface area (Å²) in [6.07, 6.45) is 3.44. The highest BCUT2D eigenvalue weighted by Crippen LogP contribution is 2.21. The molecule has 0 aliphatic heterocycles. The van der Waals surface area contributed by atoms with Crippen LogP contribution >= 0.6 is 11.6 Å². The van der Waals surface area contributed by atoms with Crippen molar-refractivity contribution in [2.45, 2.75) is 39.3 Å². The molecule has 0 saturated carbocycles. The van der Waals surface area contributed by atoms with Crippen molar-refractivity contribution in [2.24, 2.45) is 12.8 Å². The van der Waals surface area contributed by atoms with Gasteiger partial charge in [0.05, 0.1) is 22.6 Å². The lowest BCUT2D eigenvalue weighted by molar-refractivity contribution is 0.293. The van der Waals surface area contributed by atoms with Crippen molar-refractivity contribution in [3.05, 3.63) is 40.4 Å². The van der Waals surface area contributed by atoms with Crippen LogP contribution in [0.1, 0.15) is 30.4 Å². The third-order valence-electron chi connectivity index (χ3n) is 3.43. The molecule has 0 spiro atoms. The minimum absolute atomic E-state index is 0.153. The Morgan fingerprint density at radius 3 is 2.71 bits per heavy atom. The molecular weight excluding hydrogens is 288 g/mol. The van der Waals surface area contributed by atoms with Gasteiger partial charge in [-0.2, -0.15) is 5.10 Å². The van der Waals surface area contributed by atoms with E-state index in [1.54, 1.807) is 10.9 Å². The van der Waals surface area contributed by atoms with E-state index in [1.165, 1.54) is 0 Å². The van der Waals surface area contributed by atoms with E-state index >= 15 is 0 Å². The topological polar surface area (TPSA) is 66.0 Å². The maximum absolute atomic E-state index is 6.19. The molecule has 2 aromatic rings. The van der Waals surface area contributed by atoms with E-state index in [0.717, 1.165) is 29.9 Å². The summed E-state index contributed by atoms with van der Waals surface area (Å²) in [7, 11) is 1.85. The lowest BCUT2D eigenvalue weighted by Crippen LogP contribution is -2.21. The standard InChI is InChI=1S/C15H21ClN4O/c1-4-11(17)7-12-5-6-13(8-18-12)21-9-14-15(16)10(2)19-20(14)3/h5-6,8,11H,4,7,9,17H2,1-3H3. The predicted octanol–water partition coefficient (Wildman–Crippen LogP) is 2.64. The number of pyridine rings is 1. The number of nitrogens with two attached hydrogens (primary N) is 1. The van der Waals surface area contributed by atoms with Gasteiger partial charge in [0.15, 0.2) is 0 Å². The van der Waals surface area contributed by atoms with Gasteiger partial charge in [0, 0.05) is 25.2 Å². The number of aromatic nitrogens is 3. The van der Waals surface area contributed by atoms with Crippen molar-refractivity contribution < 1.29 is 4.74 Å². The molecule has 114 valence electrons. The van der Waals surface area contributed by atoms with Gasteiger partial charge in [0.2, 0.25) is 0 Å². The normalized spacial score (nSPS) is 12.4. The number of hydrogen-bond acceptors (Lipinski definition) is 4. The van der Waals surface area contributed by atoms with Crippen LogP contribution in [-0.2, 0) is 20.1 Å². The quantitative estimate of drug-likeness (QED) is 0.891. The zero-order valence-electron chi connectivity index (χ0n) is 12.6. The molecule has 0 bridgehead atoms. The summed E-state index contributed by atoms with van der Waals surface area (Å²) in [5, 5.41) is 4.90. The number of rotatable bonds is 6. The molecule has 2 N–H and O–H groups in total. The fraction of sp³-hybridized carbons (Fsp3) is 0.467. The SMILES string of the molecule is CCC(N)Cc1ccc(OCc2c(Cl)c(C)nn2C)cn1. The minimum Gasteiger partial charge on any atom is -0.486 e. The number of nitrogens with zero attached hydrogens (tertiary/aromatic N) is 3. The summed E-state index contributed by atoms with van der Waals surface area (Å²) >= 11 is 6.19. The molecule has 0 radical (unpaired) electrons. The molecule has 2 heterocycles. The second-order valence-electron chi connectivity index (χ2n) is 5.12. The van der Waals surface area contributed by atoms with Crippen LogP contribution in [-0.4, -0.2) is 20.8 Å². The van der Waals surface area contributed by atoms with Crippen LogP contribution in [0.2, 0.25) is 5.02 Å². The Labute approximate surface area is 130 Å². The highest BCUT2D eigenvalue weighted by Gasteiger charge is 2.11. The van der Waals surface area contributed by atoms with Crippen molar-refractivity contribution in [1.29, 1.82) is 0 Å². The van der Waals surface area contributed by atoms with E-state index in [9.17, 15) is 0 Å². The molecule has 1 atom stereocenters. The molecule has 0 aliphatic rings. The molecule has 0 aliphatic carbocycles.